The standard InChI is InChI=1S/C16H18BrNO2/c1-10-2-5-14-12(6-10)8-15(20-14)16(19)18-9-11-3-4-13(17)7-11/h2,5-6,8,11,13H,3-4,7,9H2,1H3,(H,18,19). The molecule has 1 aliphatic carbocycles. The highest BCUT2D eigenvalue weighted by atomic mass is 79.9. The lowest BCUT2D eigenvalue weighted by atomic mass is 10.1. The van der Waals surface area contributed by atoms with Crippen LogP contribution < -0.4 is 5.32 Å². The molecule has 1 amide bonds. The summed E-state index contributed by atoms with van der Waals surface area (Å²) in [7, 11) is 0. The summed E-state index contributed by atoms with van der Waals surface area (Å²) in [5, 5.41) is 3.97. The Hall–Kier alpha value is -1.29. The van der Waals surface area contributed by atoms with E-state index in [0.717, 1.165) is 23.9 Å². The first kappa shape index (κ1) is 13.7. The summed E-state index contributed by atoms with van der Waals surface area (Å²) in [5.41, 5.74) is 1.93. The van der Waals surface area contributed by atoms with Crippen molar-refractivity contribution in [2.75, 3.05) is 6.54 Å². The van der Waals surface area contributed by atoms with E-state index in [-0.39, 0.29) is 5.91 Å². The van der Waals surface area contributed by atoms with Crippen molar-refractivity contribution in [1.82, 2.24) is 5.32 Å². The van der Waals surface area contributed by atoms with Crippen LogP contribution in [0.25, 0.3) is 11.0 Å². The molecule has 1 aromatic carbocycles. The molecule has 1 heterocycles. The monoisotopic (exact) mass is 335 g/mol. The minimum Gasteiger partial charge on any atom is -0.451 e. The van der Waals surface area contributed by atoms with Gasteiger partial charge in [0.2, 0.25) is 0 Å². The number of amides is 1. The number of hydrogen-bond acceptors (Lipinski definition) is 2. The van der Waals surface area contributed by atoms with E-state index in [9.17, 15) is 4.79 Å². The fourth-order valence-electron chi connectivity index (χ4n) is 2.80. The maximum absolute atomic E-state index is 12.1. The van der Waals surface area contributed by atoms with E-state index in [1.807, 2.05) is 31.2 Å². The lowest BCUT2D eigenvalue weighted by molar-refractivity contribution is 0.0922. The van der Waals surface area contributed by atoms with Crippen LogP contribution in [0.1, 0.15) is 35.4 Å². The number of hydrogen-bond donors (Lipinski definition) is 1. The van der Waals surface area contributed by atoms with Crippen LogP contribution in [0.3, 0.4) is 0 Å². The Labute approximate surface area is 126 Å². The Morgan fingerprint density at radius 3 is 3.00 bits per heavy atom. The molecule has 1 fully saturated rings. The number of carbonyl (C=O) groups excluding carboxylic acids is 1. The Morgan fingerprint density at radius 1 is 1.40 bits per heavy atom. The van der Waals surface area contributed by atoms with E-state index in [1.54, 1.807) is 0 Å². The molecule has 0 aliphatic heterocycles. The molecule has 4 heteroatoms. The van der Waals surface area contributed by atoms with E-state index in [2.05, 4.69) is 21.2 Å². The van der Waals surface area contributed by atoms with E-state index in [1.165, 1.54) is 18.4 Å². The predicted octanol–water partition coefficient (Wildman–Crippen LogP) is 4.03. The summed E-state index contributed by atoms with van der Waals surface area (Å²) in [5.74, 6) is 0.866. The van der Waals surface area contributed by atoms with E-state index < -0.39 is 0 Å². The molecule has 0 spiro atoms. The Kier molecular flexibility index (Phi) is 3.83. The molecule has 3 nitrogen and oxygen atoms in total. The van der Waals surface area contributed by atoms with Gasteiger partial charge in [-0.2, -0.15) is 0 Å². The van der Waals surface area contributed by atoms with Gasteiger partial charge in [0.1, 0.15) is 5.58 Å². The average Bonchev–Trinajstić information content (AvgIpc) is 3.01. The second kappa shape index (κ2) is 5.60. The van der Waals surface area contributed by atoms with E-state index in [4.69, 9.17) is 4.42 Å². The molecule has 2 atom stereocenters. The van der Waals surface area contributed by atoms with Crippen LogP contribution in [-0.4, -0.2) is 17.3 Å². The van der Waals surface area contributed by atoms with Gasteiger partial charge in [0, 0.05) is 16.8 Å². The molecule has 1 saturated carbocycles. The molecule has 106 valence electrons. The largest absolute Gasteiger partial charge is 0.451 e. The molecular formula is C16H18BrNO2. The maximum Gasteiger partial charge on any atom is 0.287 e. The summed E-state index contributed by atoms with van der Waals surface area (Å²) >= 11 is 3.63. The molecule has 3 rings (SSSR count). The van der Waals surface area contributed by atoms with Crippen LogP contribution in [0.5, 0.6) is 0 Å². The molecule has 1 aliphatic rings. The van der Waals surface area contributed by atoms with Gasteiger partial charge in [-0.3, -0.25) is 4.79 Å². The summed E-state index contributed by atoms with van der Waals surface area (Å²) in [6, 6.07) is 7.75. The first-order chi connectivity index (χ1) is 9.61. The number of nitrogens with one attached hydrogen (secondary N) is 1. The minimum atomic E-state index is -0.114. The van der Waals surface area contributed by atoms with Crippen LogP contribution >= 0.6 is 15.9 Å². The number of carbonyl (C=O) groups is 1. The maximum atomic E-state index is 12.1. The third-order valence-corrected chi connectivity index (χ3v) is 4.76. The van der Waals surface area contributed by atoms with Gasteiger partial charge in [0.15, 0.2) is 5.76 Å². The van der Waals surface area contributed by atoms with Gasteiger partial charge in [-0.15, -0.1) is 0 Å². The molecular weight excluding hydrogens is 318 g/mol. The normalized spacial score (nSPS) is 22.3. The highest BCUT2D eigenvalue weighted by Gasteiger charge is 2.23. The Morgan fingerprint density at radius 2 is 2.25 bits per heavy atom. The van der Waals surface area contributed by atoms with Crippen molar-refractivity contribution in [2.45, 2.75) is 31.0 Å². The third kappa shape index (κ3) is 2.90. The van der Waals surface area contributed by atoms with Gasteiger partial charge >= 0.3 is 0 Å². The van der Waals surface area contributed by atoms with Gasteiger partial charge in [-0.05, 0) is 50.3 Å². The molecule has 2 aromatic rings. The van der Waals surface area contributed by atoms with Crippen molar-refractivity contribution in [1.29, 1.82) is 0 Å². The quantitative estimate of drug-likeness (QED) is 0.860. The third-order valence-electron chi connectivity index (χ3n) is 3.92. The number of alkyl halides is 1. The topological polar surface area (TPSA) is 42.2 Å². The highest BCUT2D eigenvalue weighted by molar-refractivity contribution is 9.09. The van der Waals surface area contributed by atoms with Crippen LogP contribution in [-0.2, 0) is 0 Å². The first-order valence-corrected chi connectivity index (χ1v) is 7.96. The van der Waals surface area contributed by atoms with Crippen molar-refractivity contribution in [2.24, 2.45) is 5.92 Å². The number of halogens is 1. The van der Waals surface area contributed by atoms with Gasteiger partial charge in [-0.1, -0.05) is 27.6 Å². The summed E-state index contributed by atoms with van der Waals surface area (Å²) in [4.78, 5) is 12.7. The zero-order chi connectivity index (χ0) is 14.1. The molecule has 0 bridgehead atoms. The first-order valence-electron chi connectivity index (χ1n) is 7.04. The summed E-state index contributed by atoms with van der Waals surface area (Å²) in [6.07, 6.45) is 3.51. The van der Waals surface area contributed by atoms with Crippen molar-refractivity contribution in [3.05, 3.63) is 35.6 Å². The second-order valence-corrected chi connectivity index (χ2v) is 6.93. The predicted molar refractivity (Wildman–Crippen MR) is 83.3 cm³/mol. The van der Waals surface area contributed by atoms with Crippen molar-refractivity contribution >= 4 is 32.8 Å². The Bertz CT molecular complexity index is 634. The highest BCUT2D eigenvalue weighted by Crippen LogP contribution is 2.30. The molecule has 20 heavy (non-hydrogen) atoms. The van der Waals surface area contributed by atoms with E-state index in [0.29, 0.717) is 16.5 Å². The number of fused-ring (bicyclic) bond motifs is 1. The average molecular weight is 336 g/mol. The molecule has 2 unspecified atom stereocenters. The van der Waals surface area contributed by atoms with Crippen LogP contribution in [0, 0.1) is 12.8 Å². The zero-order valence-corrected chi connectivity index (χ0v) is 13.1. The van der Waals surface area contributed by atoms with Crippen LogP contribution in [0.15, 0.2) is 28.7 Å². The molecule has 0 saturated heterocycles. The van der Waals surface area contributed by atoms with Gasteiger partial charge in [0.25, 0.3) is 5.91 Å². The number of furan rings is 1. The van der Waals surface area contributed by atoms with Crippen molar-refractivity contribution in [3.8, 4) is 0 Å². The lowest BCUT2D eigenvalue weighted by Gasteiger charge is -2.09. The smallest absolute Gasteiger partial charge is 0.287 e. The Balaban J connectivity index is 1.66. The van der Waals surface area contributed by atoms with Crippen LogP contribution in [0.2, 0.25) is 0 Å². The van der Waals surface area contributed by atoms with E-state index >= 15 is 0 Å². The molecule has 0 radical (unpaired) electrons. The number of aryl methyl sites for hydroxylation is 1. The number of benzene rings is 1. The van der Waals surface area contributed by atoms with Crippen molar-refractivity contribution < 1.29 is 9.21 Å². The molecule has 1 N–H and O–H groups in total. The fraction of sp³-hybridized carbons (Fsp3) is 0.438. The minimum absolute atomic E-state index is 0.114. The zero-order valence-electron chi connectivity index (χ0n) is 11.5. The lowest BCUT2D eigenvalue weighted by Crippen LogP contribution is -2.28. The fourth-order valence-corrected chi connectivity index (χ4v) is 3.59. The van der Waals surface area contributed by atoms with Crippen molar-refractivity contribution in [3.63, 3.8) is 0 Å². The van der Waals surface area contributed by atoms with Crippen LogP contribution in [0.4, 0.5) is 0 Å². The second-order valence-electron chi connectivity index (χ2n) is 5.64. The van der Waals surface area contributed by atoms with Gasteiger partial charge in [-0.25, -0.2) is 0 Å². The van der Waals surface area contributed by atoms with Gasteiger partial charge < -0.3 is 9.73 Å². The summed E-state index contributed by atoms with van der Waals surface area (Å²) < 4.78 is 5.60. The molecule has 1 aromatic heterocycles. The number of rotatable bonds is 3. The SMILES string of the molecule is Cc1ccc2oc(C(=O)NCC3CCC(Br)C3)cc2c1. The van der Waals surface area contributed by atoms with Gasteiger partial charge in [0.05, 0.1) is 0 Å². The summed E-state index contributed by atoms with van der Waals surface area (Å²) in [6.45, 7) is 2.76.